The molecule has 0 N–H and O–H groups in total. The van der Waals surface area contributed by atoms with Gasteiger partial charge in [0.1, 0.15) is 54.8 Å². The van der Waals surface area contributed by atoms with Gasteiger partial charge in [-0.3, -0.25) is 0 Å². The van der Waals surface area contributed by atoms with E-state index in [1.54, 1.807) is 0 Å². The van der Waals surface area contributed by atoms with Gasteiger partial charge in [-0.15, -0.1) is 0 Å². The Morgan fingerprint density at radius 3 is 0.537 bits per heavy atom. The predicted octanol–water partition coefficient (Wildman–Crippen LogP) is 36.7. The average Bonchev–Trinajstić information content (AvgIpc) is 0.790. The minimum atomic E-state index is -0.682. The van der Waals surface area contributed by atoms with Gasteiger partial charge in [0.25, 0.3) is 0 Å². The highest BCUT2D eigenvalue weighted by Gasteiger charge is 2.34. The third-order valence-electron chi connectivity index (χ3n) is 24.1. The minimum Gasteiger partial charge on any atom is -0.0622 e. The number of unbranched alkanes of at least 4 members (excludes halogenated alkanes) is 3. The molecule has 0 saturated carbocycles. The number of rotatable bonds is 23. The molecule has 0 fully saturated rings. The average molecular weight is 1650 g/mol. The van der Waals surface area contributed by atoms with Crippen LogP contribution in [-0.4, -0.2) is 0 Å². The van der Waals surface area contributed by atoms with Crippen LogP contribution >= 0.6 is 30.1 Å². The van der Waals surface area contributed by atoms with Crippen molar-refractivity contribution in [2.45, 2.75) is 168 Å². The lowest BCUT2D eigenvalue weighted by molar-refractivity contribution is 0.679. The van der Waals surface area contributed by atoms with Gasteiger partial charge in [-0.1, -0.05) is 285 Å². The van der Waals surface area contributed by atoms with E-state index in [1.807, 2.05) is 0 Å². The maximum absolute atomic E-state index is 2.54. The Balaban J connectivity index is 0.000000188. The van der Waals surface area contributed by atoms with Crippen LogP contribution in [0.4, 0.5) is 0 Å². The Morgan fingerprint density at radius 1 is 0.140 bits per heavy atom. The highest BCUT2D eigenvalue weighted by atomic mass is 31.1. The van der Waals surface area contributed by atoms with Gasteiger partial charge in [0.05, 0.1) is 0 Å². The molecule has 121 heavy (non-hydrogen) atoms. The summed E-state index contributed by atoms with van der Waals surface area (Å²) in [4.78, 5) is 0. The van der Waals surface area contributed by atoms with Gasteiger partial charge in [0.2, 0.25) is 0 Å². The van der Waals surface area contributed by atoms with E-state index in [4.69, 9.17) is 0 Å². The smallest absolute Gasteiger partial charge is 0.0622 e. The van der Waals surface area contributed by atoms with Crippen LogP contribution in [0.3, 0.4) is 0 Å². The van der Waals surface area contributed by atoms with Gasteiger partial charge < -0.3 is 0 Å². The molecule has 4 aromatic heterocycles. The van der Waals surface area contributed by atoms with Crippen LogP contribution in [0.5, 0.6) is 0 Å². The van der Waals surface area contributed by atoms with Gasteiger partial charge >= 0.3 is 0 Å². The van der Waals surface area contributed by atoms with Crippen LogP contribution in [0.2, 0.25) is 0 Å². The van der Waals surface area contributed by atoms with Crippen LogP contribution in [0, 0.1) is 111 Å². The molecule has 0 amide bonds. The first-order chi connectivity index (χ1) is 58.5. The lowest BCUT2D eigenvalue weighted by Gasteiger charge is -2.14. The Labute approximate surface area is 728 Å². The van der Waals surface area contributed by atoms with Crippen molar-refractivity contribution in [3.63, 3.8) is 0 Å². The molecule has 0 aliphatic rings. The second-order valence-corrected chi connectivity index (χ2v) is 43.7. The lowest BCUT2D eigenvalue weighted by atomic mass is 9.99. The summed E-state index contributed by atoms with van der Waals surface area (Å²) in [6, 6.07) is 121. The quantitative estimate of drug-likeness (QED) is 0.0560. The van der Waals surface area contributed by atoms with E-state index in [1.165, 1.54) is 258 Å². The monoisotopic (exact) mass is 1650 g/mol. The van der Waals surface area contributed by atoms with Crippen LogP contribution < -0.4 is 0 Å². The van der Waals surface area contributed by atoms with Crippen molar-refractivity contribution < 1.29 is 0 Å². The number of aryl methyl sites for hydroxylation is 16. The van der Waals surface area contributed by atoms with Crippen molar-refractivity contribution in [1.82, 2.24) is 0 Å². The first-order valence-electron chi connectivity index (χ1n) is 43.7. The second kappa shape index (κ2) is 38.5. The zero-order chi connectivity index (χ0) is 84.5. The maximum Gasteiger partial charge on any atom is 0.157 e. The van der Waals surface area contributed by atoms with E-state index in [2.05, 4.69) is 426 Å². The molecule has 0 saturated heterocycles. The summed E-state index contributed by atoms with van der Waals surface area (Å²) < 4.78 is 0. The first kappa shape index (κ1) is 85.2. The molecule has 0 nitrogen and oxygen atoms in total. The molecule has 0 aliphatic heterocycles. The molecule has 16 aromatic rings. The fraction of sp³-hybridized carbons (Fsp3) is 0.214. The zero-order valence-corrected chi connectivity index (χ0v) is 77.8. The van der Waals surface area contributed by atoms with Gasteiger partial charge in [0.15, 0.2) is 42.4 Å². The molecule has 0 spiro atoms. The van der Waals surface area contributed by atoms with Gasteiger partial charge in [-0.05, 0) is 300 Å². The van der Waals surface area contributed by atoms with Crippen LogP contribution in [0.25, 0.3) is 131 Å². The lowest BCUT2D eigenvalue weighted by Crippen LogP contribution is -1.93. The van der Waals surface area contributed by atoms with Gasteiger partial charge in [0, 0.05) is 50.9 Å². The van der Waals surface area contributed by atoms with Crippen molar-refractivity contribution in [3.05, 3.63) is 404 Å². The topological polar surface area (TPSA) is 0 Å². The Hall–Kier alpha value is -10.8. The van der Waals surface area contributed by atoms with Crippen molar-refractivity contribution in [3.8, 4) is 131 Å². The van der Waals surface area contributed by atoms with Crippen LogP contribution in [0.1, 0.15) is 121 Å². The largest absolute Gasteiger partial charge is 0.157 e. The molecule has 16 rings (SSSR count). The molecule has 602 valence electrons. The summed E-state index contributed by atoms with van der Waals surface area (Å²) >= 11 is 0. The number of hydrogen-bond acceptors (Lipinski definition) is 0. The second-order valence-electron chi connectivity index (χ2n) is 34.7. The molecular formula is C117H118P4+4. The van der Waals surface area contributed by atoms with Gasteiger partial charge in [-0.25, -0.2) is 0 Å². The van der Waals surface area contributed by atoms with Crippen molar-refractivity contribution in [1.29, 1.82) is 0 Å². The van der Waals surface area contributed by atoms with E-state index in [0.29, 0.717) is 0 Å². The maximum atomic E-state index is 2.54. The molecule has 12 aromatic carbocycles. The normalized spacial score (nSPS) is 11.3. The summed E-state index contributed by atoms with van der Waals surface area (Å²) in [6.45, 7) is 36.1. The van der Waals surface area contributed by atoms with Crippen molar-refractivity contribution in [2.24, 2.45) is 0 Å². The Bertz CT molecular complexity index is 6090. The standard InChI is InChI=1S/C60H62P2.C57H56P2/c1-41-23-25-55(47(7)31-41)59-39-52(50-21-15-12-16-22-50)40-60(56-26-24-42(2)32-48(56)8)62(59)28-18-10-9-17-27-61-57(53-33-43(3)29-44(4)34-53)37-51(49-19-13-11-14-20-49)38-58(61)54-35-45(5)30-46(6)36-54;1-38-20-22-52(44(7)28-38)56-36-49(47-18-13-10-14-19-47)37-57(53-23-21-39(2)29-45(53)8)59(56)25-15-24-58-54(50-30-40(3)26-41(4)31-50)34-48(46-16-11-9-12-17-46)35-55(58)51-32-42(5)27-43(6)33-51/h11-16,19-26,29-40H,9-10,17-18,27-28H2,1-8H3;9-14,16-23,26-37H,15,24-25H2,1-8H3/q2*+2. The highest BCUT2D eigenvalue weighted by molar-refractivity contribution is 7.57. The molecule has 0 aliphatic carbocycles. The van der Waals surface area contributed by atoms with E-state index in [-0.39, 0.29) is 0 Å². The zero-order valence-electron chi connectivity index (χ0n) is 74.2. The summed E-state index contributed by atoms with van der Waals surface area (Å²) in [5, 5.41) is 12.1. The molecule has 0 unspecified atom stereocenters. The molecule has 0 radical (unpaired) electrons. The summed E-state index contributed by atoms with van der Waals surface area (Å²) in [6.07, 6.45) is 10.7. The summed E-state index contributed by atoms with van der Waals surface area (Å²) in [5.74, 6) is 0. The molecular weight excluding hydrogens is 1530 g/mol. The summed E-state index contributed by atoms with van der Waals surface area (Å²) in [7, 11) is -2.53. The number of benzene rings is 12. The Kier molecular flexibility index (Phi) is 27.1. The fourth-order valence-electron chi connectivity index (χ4n) is 18.7. The van der Waals surface area contributed by atoms with Crippen molar-refractivity contribution >= 4 is 30.1 Å². The highest BCUT2D eigenvalue weighted by Crippen LogP contribution is 2.60. The first-order valence-corrected chi connectivity index (χ1v) is 49.8. The SMILES string of the molecule is Cc1cc(C)cc(-c2cc(-c3ccccc3)cc(-c3cc(C)cc(C)c3)[p+]2CCCCCC[p+]2c(-c3ccc(C)cc3C)cc(-c3ccccc3)cc2-c2ccc(C)cc2C)c1.Cc1cc(C)cc(-c2cc(-c3ccccc3)cc(-c3cc(C)cc(C)c3)[p+]2CCC[p+]2c(-c3ccc(C)cc3C)cc(-c3ccccc3)cc2-c2ccc(C)cc2C)c1. The molecule has 0 atom stereocenters. The third kappa shape index (κ3) is 20.4. The third-order valence-corrected chi connectivity index (χ3v) is 34.8. The van der Waals surface area contributed by atoms with E-state index in [9.17, 15) is 0 Å². The predicted molar refractivity (Wildman–Crippen MR) is 538 cm³/mol. The van der Waals surface area contributed by atoms with E-state index < -0.39 is 30.1 Å². The minimum absolute atomic E-state index is 0.581. The van der Waals surface area contributed by atoms with E-state index in [0.717, 1.165) is 18.7 Å². The fourth-order valence-corrected chi connectivity index (χ4v) is 30.2. The van der Waals surface area contributed by atoms with Crippen LogP contribution in [-0.2, 0) is 24.6 Å². The number of hydrogen-bond donors (Lipinski definition) is 0. The van der Waals surface area contributed by atoms with Crippen molar-refractivity contribution in [2.75, 3.05) is 0 Å². The molecule has 4 heteroatoms. The molecule has 4 heterocycles. The molecule has 0 bridgehead atoms. The van der Waals surface area contributed by atoms with Gasteiger partial charge in [-0.2, -0.15) is 0 Å². The van der Waals surface area contributed by atoms with Crippen LogP contribution in [0.15, 0.2) is 315 Å². The van der Waals surface area contributed by atoms with E-state index >= 15 is 0 Å². The summed E-state index contributed by atoms with van der Waals surface area (Å²) in [5.41, 5.74) is 42.8. The Morgan fingerprint density at radius 2 is 0.331 bits per heavy atom.